The number of rotatable bonds is 4. The van der Waals surface area contributed by atoms with Crippen molar-refractivity contribution in [1.82, 2.24) is 4.90 Å². The van der Waals surface area contributed by atoms with E-state index >= 15 is 0 Å². The summed E-state index contributed by atoms with van der Waals surface area (Å²) >= 11 is 0. The summed E-state index contributed by atoms with van der Waals surface area (Å²) in [6, 6.07) is 0.384. The van der Waals surface area contributed by atoms with Crippen molar-refractivity contribution in [2.45, 2.75) is 32.9 Å². The topological polar surface area (TPSA) is 38.5 Å². The van der Waals surface area contributed by atoms with Crippen LogP contribution in [-0.4, -0.2) is 30.6 Å². The number of nitrogens with two attached hydrogens (primary N) is 1. The van der Waals surface area contributed by atoms with Crippen molar-refractivity contribution in [3.63, 3.8) is 0 Å². The van der Waals surface area contributed by atoms with Gasteiger partial charge in [-0.3, -0.25) is 4.84 Å². The van der Waals surface area contributed by atoms with Gasteiger partial charge in [0.25, 0.3) is 0 Å². The van der Waals surface area contributed by atoms with Gasteiger partial charge in [0.05, 0.1) is 6.10 Å². The first-order valence-electron chi connectivity index (χ1n) is 3.69. The lowest BCUT2D eigenvalue weighted by Crippen LogP contribution is -2.39. The first kappa shape index (κ1) is 9.88. The molecule has 0 heterocycles. The van der Waals surface area contributed by atoms with Crippen molar-refractivity contribution in [2.75, 3.05) is 13.6 Å². The molecular weight excluding hydrogens is 128 g/mol. The minimum atomic E-state index is 0.102. The summed E-state index contributed by atoms with van der Waals surface area (Å²) in [5.74, 6) is 5.04. The molecule has 0 spiro atoms. The zero-order valence-corrected chi connectivity index (χ0v) is 7.29. The molecule has 0 aliphatic rings. The van der Waals surface area contributed by atoms with Crippen molar-refractivity contribution in [3.05, 3.63) is 0 Å². The van der Waals surface area contributed by atoms with Gasteiger partial charge in [-0.05, 0) is 27.4 Å². The molecule has 0 rings (SSSR count). The lowest BCUT2D eigenvalue weighted by Gasteiger charge is -2.26. The molecule has 0 aliphatic carbocycles. The molecule has 10 heavy (non-hydrogen) atoms. The Labute approximate surface area is 63.1 Å². The summed E-state index contributed by atoms with van der Waals surface area (Å²) < 4.78 is 0. The van der Waals surface area contributed by atoms with Crippen LogP contribution >= 0.6 is 0 Å². The standard InChI is InChI=1S/C7H18N2O/c1-5-9(4)6(2)7(3)10-8/h6-7H,5,8H2,1-4H3. The van der Waals surface area contributed by atoms with Crippen LogP contribution in [-0.2, 0) is 4.84 Å². The third kappa shape index (κ3) is 2.64. The fourth-order valence-corrected chi connectivity index (χ4v) is 0.760. The molecule has 2 N–H and O–H groups in total. The number of likely N-dealkylation sites (N-methyl/N-ethyl adjacent to an activating group) is 1. The quantitative estimate of drug-likeness (QED) is 0.590. The first-order chi connectivity index (χ1) is 4.63. The highest BCUT2D eigenvalue weighted by Gasteiger charge is 2.14. The predicted molar refractivity (Wildman–Crippen MR) is 42.5 cm³/mol. The van der Waals surface area contributed by atoms with Crippen molar-refractivity contribution in [1.29, 1.82) is 0 Å². The summed E-state index contributed by atoms with van der Waals surface area (Å²) in [6.45, 7) is 7.20. The SMILES string of the molecule is CCN(C)C(C)C(C)ON. The molecule has 3 heteroatoms. The minimum Gasteiger partial charge on any atom is -0.301 e. The Morgan fingerprint density at radius 3 is 2.30 bits per heavy atom. The van der Waals surface area contributed by atoms with Gasteiger partial charge in [0.15, 0.2) is 0 Å². The molecule has 0 aromatic rings. The molecule has 0 amide bonds. The van der Waals surface area contributed by atoms with Gasteiger partial charge in [0, 0.05) is 6.04 Å². The Bertz CT molecular complexity index is 77.7. The average Bonchev–Trinajstić information content (AvgIpc) is 2.00. The Morgan fingerprint density at radius 2 is 2.00 bits per heavy atom. The third-order valence-corrected chi connectivity index (χ3v) is 2.09. The van der Waals surface area contributed by atoms with E-state index < -0.39 is 0 Å². The van der Waals surface area contributed by atoms with Crippen LogP contribution in [0.5, 0.6) is 0 Å². The van der Waals surface area contributed by atoms with E-state index in [4.69, 9.17) is 10.7 Å². The second-order valence-corrected chi connectivity index (χ2v) is 2.66. The smallest absolute Gasteiger partial charge is 0.0911 e. The maximum absolute atomic E-state index is 5.04. The van der Waals surface area contributed by atoms with Crippen LogP contribution < -0.4 is 5.90 Å². The molecule has 0 saturated heterocycles. The van der Waals surface area contributed by atoms with E-state index in [1.807, 2.05) is 6.92 Å². The van der Waals surface area contributed by atoms with E-state index in [-0.39, 0.29) is 6.10 Å². The lowest BCUT2D eigenvalue weighted by molar-refractivity contribution is 0.0104. The van der Waals surface area contributed by atoms with Crippen LogP contribution in [0.2, 0.25) is 0 Å². The molecule has 2 unspecified atom stereocenters. The van der Waals surface area contributed by atoms with Crippen molar-refractivity contribution < 1.29 is 4.84 Å². The zero-order valence-electron chi connectivity index (χ0n) is 7.29. The molecule has 0 radical (unpaired) electrons. The van der Waals surface area contributed by atoms with Gasteiger partial charge in [0.1, 0.15) is 0 Å². The summed E-state index contributed by atoms with van der Waals surface area (Å²) in [6.07, 6.45) is 0.102. The van der Waals surface area contributed by atoms with E-state index in [1.54, 1.807) is 0 Å². The zero-order chi connectivity index (χ0) is 8.15. The molecule has 0 aliphatic heterocycles. The second kappa shape index (κ2) is 4.66. The maximum atomic E-state index is 5.04. The highest BCUT2D eigenvalue weighted by molar-refractivity contribution is 4.67. The van der Waals surface area contributed by atoms with Crippen LogP contribution in [0.15, 0.2) is 0 Å². The molecule has 0 fully saturated rings. The van der Waals surface area contributed by atoms with Gasteiger partial charge >= 0.3 is 0 Å². The average molecular weight is 146 g/mol. The predicted octanol–water partition coefficient (Wildman–Crippen LogP) is 0.605. The monoisotopic (exact) mass is 146 g/mol. The normalized spacial score (nSPS) is 17.4. The highest BCUT2D eigenvalue weighted by atomic mass is 16.6. The highest BCUT2D eigenvalue weighted by Crippen LogP contribution is 2.02. The van der Waals surface area contributed by atoms with Crippen molar-refractivity contribution in [3.8, 4) is 0 Å². The Balaban J connectivity index is 3.69. The van der Waals surface area contributed by atoms with E-state index in [0.717, 1.165) is 6.54 Å². The molecule has 0 saturated carbocycles. The molecule has 0 bridgehead atoms. The Morgan fingerprint density at radius 1 is 1.50 bits per heavy atom. The summed E-state index contributed by atoms with van der Waals surface area (Å²) in [4.78, 5) is 6.89. The summed E-state index contributed by atoms with van der Waals surface area (Å²) in [5, 5.41) is 0. The van der Waals surface area contributed by atoms with Gasteiger partial charge in [0.2, 0.25) is 0 Å². The lowest BCUT2D eigenvalue weighted by atomic mass is 10.2. The van der Waals surface area contributed by atoms with E-state index in [9.17, 15) is 0 Å². The first-order valence-corrected chi connectivity index (χ1v) is 3.69. The molecule has 0 aromatic carbocycles. The number of hydrogen-bond acceptors (Lipinski definition) is 3. The Hall–Kier alpha value is -0.120. The second-order valence-electron chi connectivity index (χ2n) is 2.66. The van der Waals surface area contributed by atoms with E-state index in [0.29, 0.717) is 6.04 Å². The fraction of sp³-hybridized carbons (Fsp3) is 1.00. The van der Waals surface area contributed by atoms with Gasteiger partial charge in [-0.25, -0.2) is 5.90 Å². The van der Waals surface area contributed by atoms with Gasteiger partial charge in [-0.2, -0.15) is 0 Å². The van der Waals surface area contributed by atoms with Gasteiger partial charge in [-0.15, -0.1) is 0 Å². The number of nitrogens with zero attached hydrogens (tertiary/aromatic N) is 1. The maximum Gasteiger partial charge on any atom is 0.0911 e. The van der Waals surface area contributed by atoms with Gasteiger partial charge < -0.3 is 4.90 Å². The number of hydrogen-bond donors (Lipinski definition) is 1. The van der Waals surface area contributed by atoms with Crippen LogP contribution in [0.4, 0.5) is 0 Å². The molecule has 0 aromatic heterocycles. The molecular formula is C7H18N2O. The fourth-order valence-electron chi connectivity index (χ4n) is 0.760. The summed E-state index contributed by atoms with van der Waals surface area (Å²) in [7, 11) is 2.06. The largest absolute Gasteiger partial charge is 0.301 e. The van der Waals surface area contributed by atoms with Gasteiger partial charge in [-0.1, -0.05) is 6.92 Å². The molecule has 62 valence electrons. The minimum absolute atomic E-state index is 0.102. The summed E-state index contributed by atoms with van der Waals surface area (Å²) in [5.41, 5.74) is 0. The van der Waals surface area contributed by atoms with Crippen molar-refractivity contribution >= 4 is 0 Å². The Kier molecular flexibility index (Phi) is 4.60. The van der Waals surface area contributed by atoms with Crippen LogP contribution in [0.1, 0.15) is 20.8 Å². The van der Waals surface area contributed by atoms with Crippen LogP contribution in [0.3, 0.4) is 0 Å². The third-order valence-electron chi connectivity index (χ3n) is 2.09. The van der Waals surface area contributed by atoms with E-state index in [1.165, 1.54) is 0 Å². The molecule has 2 atom stereocenters. The van der Waals surface area contributed by atoms with Crippen LogP contribution in [0, 0.1) is 0 Å². The molecule has 3 nitrogen and oxygen atoms in total. The van der Waals surface area contributed by atoms with E-state index in [2.05, 4.69) is 25.8 Å². The van der Waals surface area contributed by atoms with Crippen molar-refractivity contribution in [2.24, 2.45) is 5.90 Å². The van der Waals surface area contributed by atoms with Crippen LogP contribution in [0.25, 0.3) is 0 Å².